The summed E-state index contributed by atoms with van der Waals surface area (Å²) in [7, 11) is -10.7. The zero-order valence-electron chi connectivity index (χ0n) is 5.27. The van der Waals surface area contributed by atoms with Gasteiger partial charge in [-0.3, -0.25) is 4.31 Å². The third-order valence-electron chi connectivity index (χ3n) is 0.167. The molecule has 70 valence electrons. The van der Waals surface area contributed by atoms with Crippen molar-refractivity contribution in [2.45, 2.75) is 0 Å². The van der Waals surface area contributed by atoms with Gasteiger partial charge >= 0.3 is 26.2 Å². The normalized spacial score (nSPS) is 13.8. The summed E-state index contributed by atoms with van der Waals surface area (Å²) >= 11 is 0. The van der Waals surface area contributed by atoms with E-state index in [1.165, 1.54) is 0 Å². The largest absolute Gasteiger partial charge is 4.00 e. The quantitative estimate of drug-likeness (QED) is 0.478. The van der Waals surface area contributed by atoms with E-state index in [-0.39, 0.29) is 26.2 Å². The molecule has 0 rings (SSSR count). The van der Waals surface area contributed by atoms with E-state index in [1.54, 1.807) is 0 Å². The SMILES string of the molecule is O=[PH]([O-])O[PH](=O)[O-].O=[PH]([O-])[O-].[Zr+4]. The summed E-state index contributed by atoms with van der Waals surface area (Å²) in [6.45, 7) is 0. The second-order valence-electron chi connectivity index (χ2n) is 0.852. The first-order valence-electron chi connectivity index (χ1n) is 1.84. The van der Waals surface area contributed by atoms with Crippen LogP contribution < -0.4 is 19.6 Å². The molecule has 0 aliphatic rings. The zero-order chi connectivity index (χ0) is 9.44. The fourth-order valence-electron chi connectivity index (χ4n) is 0.0680. The van der Waals surface area contributed by atoms with Crippen LogP contribution in [-0.2, 0) is 44.2 Å². The molecule has 12 heteroatoms. The Hall–Kier alpha value is 1.37. The van der Waals surface area contributed by atoms with E-state index in [2.05, 4.69) is 4.31 Å². The van der Waals surface area contributed by atoms with Gasteiger partial charge in [-0.15, -0.1) is 0 Å². The van der Waals surface area contributed by atoms with Gasteiger partial charge in [0.25, 0.3) is 0 Å². The summed E-state index contributed by atoms with van der Waals surface area (Å²) in [5.41, 5.74) is 0. The molecule has 0 radical (unpaired) electrons. The molecule has 0 aromatic heterocycles. The van der Waals surface area contributed by atoms with Crippen molar-refractivity contribution in [3.05, 3.63) is 0 Å². The van der Waals surface area contributed by atoms with Gasteiger partial charge in [0.2, 0.25) is 0 Å². The summed E-state index contributed by atoms with van der Waals surface area (Å²) in [5, 5.41) is 0. The molecule has 0 fully saturated rings. The fourth-order valence-corrected chi connectivity index (χ4v) is 0.612. The predicted octanol–water partition coefficient (Wildman–Crippen LogP) is -3.40. The van der Waals surface area contributed by atoms with Crippen LogP contribution in [0, 0.1) is 0 Å². The summed E-state index contributed by atoms with van der Waals surface area (Å²) < 4.78 is 30.3. The predicted molar refractivity (Wildman–Crippen MR) is 28.1 cm³/mol. The maximum atomic E-state index is 9.29. The summed E-state index contributed by atoms with van der Waals surface area (Å²) in [4.78, 5) is 35.6. The van der Waals surface area contributed by atoms with Gasteiger partial charge in [-0.1, -0.05) is 8.25 Å². The molecule has 12 heavy (non-hydrogen) atoms. The third-order valence-corrected chi connectivity index (χ3v) is 1.50. The van der Waals surface area contributed by atoms with Gasteiger partial charge in [0.05, 0.1) is 0 Å². The average molecular weight is 315 g/mol. The molecule has 0 saturated heterocycles. The first-order chi connectivity index (χ1) is 4.86. The van der Waals surface area contributed by atoms with Gasteiger partial charge in [0, 0.05) is 0 Å². The zero-order valence-corrected chi connectivity index (χ0v) is 10.7. The van der Waals surface area contributed by atoms with Crippen molar-refractivity contribution in [2.24, 2.45) is 0 Å². The van der Waals surface area contributed by atoms with E-state index < -0.39 is 24.8 Å². The van der Waals surface area contributed by atoms with Gasteiger partial charge in [-0.05, 0) is 0 Å². The molecule has 8 nitrogen and oxygen atoms in total. The topological polar surface area (TPSA) is 153 Å². The van der Waals surface area contributed by atoms with Crippen molar-refractivity contribution >= 4 is 24.8 Å². The number of hydrogen-bond acceptors (Lipinski definition) is 8. The van der Waals surface area contributed by atoms with E-state index in [9.17, 15) is 18.9 Å². The van der Waals surface area contributed by atoms with E-state index in [0.29, 0.717) is 0 Å². The molecule has 0 N–H and O–H groups in total. The monoisotopic (exact) mass is 314 g/mol. The van der Waals surface area contributed by atoms with Crippen LogP contribution in [0.3, 0.4) is 0 Å². The van der Waals surface area contributed by atoms with E-state index in [1.807, 2.05) is 0 Å². The van der Waals surface area contributed by atoms with Crippen molar-refractivity contribution in [2.75, 3.05) is 0 Å². The Morgan fingerprint density at radius 1 is 0.833 bits per heavy atom. The van der Waals surface area contributed by atoms with Gasteiger partial charge in [0.1, 0.15) is 16.5 Å². The van der Waals surface area contributed by atoms with Gasteiger partial charge in [0.15, 0.2) is 0 Å². The van der Waals surface area contributed by atoms with Crippen molar-refractivity contribution < 1.29 is 63.8 Å². The Morgan fingerprint density at radius 2 is 1.00 bits per heavy atom. The second kappa shape index (κ2) is 12.4. The smallest absolute Gasteiger partial charge is 0.813 e. The van der Waals surface area contributed by atoms with Crippen LogP contribution in [-0.4, -0.2) is 0 Å². The molecule has 0 aliphatic heterocycles. The minimum atomic E-state index is -3.63. The maximum absolute atomic E-state index is 9.29. The standard InChI is InChI=1S/H4O5P2.H3O3P.Zr/c1-6(2)5-7(3)4;1-4(2)3;/h6-7H,(H,1,2)(H,3,4);4H,(H2,1,2,3);/q;;+4/p-4. The Bertz CT molecular complexity index is 148. The van der Waals surface area contributed by atoms with Crippen LogP contribution >= 0.6 is 24.8 Å². The fraction of sp³-hybridized carbons (Fsp3) is 0. The number of hydrogen-bond donors (Lipinski definition) is 0. The molecule has 0 aromatic rings. The Labute approximate surface area is 88.6 Å². The minimum Gasteiger partial charge on any atom is -0.813 e. The first-order valence-corrected chi connectivity index (χ1v) is 5.51. The third kappa shape index (κ3) is 42.4. The Morgan fingerprint density at radius 3 is 1.00 bits per heavy atom. The molecule has 0 amide bonds. The van der Waals surface area contributed by atoms with E-state index in [4.69, 9.17) is 14.4 Å². The van der Waals surface area contributed by atoms with Gasteiger partial charge in [-0.2, -0.15) is 0 Å². The molecule has 2 unspecified atom stereocenters. The average Bonchev–Trinajstić information content (AvgIpc) is 1.56. The molecule has 0 aliphatic carbocycles. The maximum Gasteiger partial charge on any atom is 4.00 e. The molecule has 0 saturated carbocycles. The van der Waals surface area contributed by atoms with Crippen molar-refractivity contribution in [1.29, 1.82) is 0 Å². The minimum absolute atomic E-state index is 0. The summed E-state index contributed by atoms with van der Waals surface area (Å²) in [6, 6.07) is 0. The van der Waals surface area contributed by atoms with Crippen LogP contribution in [0.4, 0.5) is 0 Å². The number of rotatable bonds is 2. The van der Waals surface area contributed by atoms with Crippen LogP contribution in [0.1, 0.15) is 0 Å². The van der Waals surface area contributed by atoms with Crippen LogP contribution in [0.2, 0.25) is 0 Å². The molecular weight excluding hydrogens is 312 g/mol. The molecule has 0 spiro atoms. The van der Waals surface area contributed by atoms with Crippen LogP contribution in [0.15, 0.2) is 0 Å². The molecular formula is H3O8P3Zr. The van der Waals surface area contributed by atoms with Crippen molar-refractivity contribution in [3.63, 3.8) is 0 Å². The summed E-state index contributed by atoms with van der Waals surface area (Å²) in [5.74, 6) is 0. The Kier molecular flexibility index (Phi) is 19.6. The van der Waals surface area contributed by atoms with E-state index >= 15 is 0 Å². The first kappa shape index (κ1) is 19.0. The molecule has 0 bridgehead atoms. The van der Waals surface area contributed by atoms with Crippen LogP contribution in [0.25, 0.3) is 0 Å². The van der Waals surface area contributed by atoms with Crippen LogP contribution in [0.5, 0.6) is 0 Å². The summed E-state index contributed by atoms with van der Waals surface area (Å²) in [6.07, 6.45) is 0. The van der Waals surface area contributed by atoms with Gasteiger partial charge in [-0.25, -0.2) is 0 Å². The van der Waals surface area contributed by atoms with Crippen molar-refractivity contribution in [3.8, 4) is 0 Å². The van der Waals surface area contributed by atoms with Crippen molar-refractivity contribution in [1.82, 2.24) is 0 Å². The molecule has 2 atom stereocenters. The van der Waals surface area contributed by atoms with Gasteiger partial charge < -0.3 is 33.3 Å². The molecule has 0 aromatic carbocycles. The van der Waals surface area contributed by atoms with E-state index in [0.717, 1.165) is 0 Å². The molecule has 0 heterocycles. The second-order valence-corrected chi connectivity index (χ2v) is 3.17. The Balaban J connectivity index is -0.000000142.